The molecule has 0 spiro atoms. The number of nitrogens with zero attached hydrogens (tertiary/aromatic N) is 1. The first-order chi connectivity index (χ1) is 9.43. The third-order valence-corrected chi connectivity index (χ3v) is 2.77. The first-order valence-corrected chi connectivity index (χ1v) is 6.33. The molecule has 6 nitrogen and oxygen atoms in total. The van der Waals surface area contributed by atoms with E-state index in [1.807, 2.05) is 24.3 Å². The lowest BCUT2D eigenvalue weighted by Crippen LogP contribution is -2.46. The molecule has 0 aromatic heterocycles. The first kappa shape index (κ1) is 15.8. The molecule has 20 heavy (non-hydrogen) atoms. The lowest BCUT2D eigenvalue weighted by molar-refractivity contribution is -0.138. The number of ether oxygens (including phenoxy) is 1. The SMILES string of the molecule is COc1cccc(CNC(=O)N(CC(=O)O)C(C)C)c1. The number of rotatable bonds is 6. The summed E-state index contributed by atoms with van der Waals surface area (Å²) in [6.45, 7) is 3.54. The van der Waals surface area contributed by atoms with Crippen molar-refractivity contribution in [3.63, 3.8) is 0 Å². The minimum Gasteiger partial charge on any atom is -0.497 e. The van der Waals surface area contributed by atoms with E-state index < -0.39 is 12.0 Å². The van der Waals surface area contributed by atoms with Crippen molar-refractivity contribution in [3.8, 4) is 5.75 Å². The fraction of sp³-hybridized carbons (Fsp3) is 0.429. The predicted molar refractivity (Wildman–Crippen MR) is 74.7 cm³/mol. The average molecular weight is 280 g/mol. The van der Waals surface area contributed by atoms with Crippen LogP contribution in [-0.2, 0) is 11.3 Å². The minimum absolute atomic E-state index is 0.184. The number of nitrogens with one attached hydrogen (secondary N) is 1. The largest absolute Gasteiger partial charge is 0.497 e. The first-order valence-electron chi connectivity index (χ1n) is 6.33. The van der Waals surface area contributed by atoms with Crippen molar-refractivity contribution in [1.82, 2.24) is 10.2 Å². The Bertz CT molecular complexity index is 474. The Labute approximate surface area is 118 Å². The number of methoxy groups -OCH3 is 1. The van der Waals surface area contributed by atoms with E-state index in [4.69, 9.17) is 9.84 Å². The highest BCUT2D eigenvalue weighted by Crippen LogP contribution is 2.12. The van der Waals surface area contributed by atoms with Crippen molar-refractivity contribution in [3.05, 3.63) is 29.8 Å². The van der Waals surface area contributed by atoms with Gasteiger partial charge in [-0.05, 0) is 31.5 Å². The molecule has 0 fully saturated rings. The van der Waals surface area contributed by atoms with Gasteiger partial charge in [-0.2, -0.15) is 0 Å². The van der Waals surface area contributed by atoms with Crippen LogP contribution in [0.3, 0.4) is 0 Å². The van der Waals surface area contributed by atoms with Gasteiger partial charge in [0.05, 0.1) is 7.11 Å². The van der Waals surface area contributed by atoms with E-state index in [1.165, 1.54) is 4.90 Å². The van der Waals surface area contributed by atoms with Crippen LogP contribution in [0.5, 0.6) is 5.75 Å². The summed E-state index contributed by atoms with van der Waals surface area (Å²) in [7, 11) is 1.57. The summed E-state index contributed by atoms with van der Waals surface area (Å²) < 4.78 is 5.10. The molecule has 0 heterocycles. The number of aliphatic carboxylic acids is 1. The number of benzene rings is 1. The Morgan fingerprint density at radius 2 is 2.10 bits per heavy atom. The van der Waals surface area contributed by atoms with Crippen LogP contribution in [0.25, 0.3) is 0 Å². The molecule has 2 N–H and O–H groups in total. The fourth-order valence-corrected chi connectivity index (χ4v) is 1.70. The number of carboxylic acid groups (broad SMARTS) is 1. The van der Waals surface area contributed by atoms with Crippen molar-refractivity contribution >= 4 is 12.0 Å². The van der Waals surface area contributed by atoms with Crippen molar-refractivity contribution in [2.45, 2.75) is 26.4 Å². The maximum Gasteiger partial charge on any atom is 0.323 e. The van der Waals surface area contributed by atoms with E-state index in [2.05, 4.69) is 5.32 Å². The zero-order chi connectivity index (χ0) is 15.1. The summed E-state index contributed by atoms with van der Waals surface area (Å²) in [5.41, 5.74) is 0.886. The Morgan fingerprint density at radius 1 is 1.40 bits per heavy atom. The van der Waals surface area contributed by atoms with Crippen molar-refractivity contribution in [2.75, 3.05) is 13.7 Å². The second kappa shape index (κ2) is 7.37. The number of carboxylic acids is 1. The zero-order valence-electron chi connectivity index (χ0n) is 11.9. The molecular weight excluding hydrogens is 260 g/mol. The smallest absolute Gasteiger partial charge is 0.323 e. The molecule has 2 amide bonds. The van der Waals surface area contributed by atoms with Crippen LogP contribution in [0.4, 0.5) is 4.79 Å². The van der Waals surface area contributed by atoms with E-state index in [-0.39, 0.29) is 12.6 Å². The van der Waals surface area contributed by atoms with E-state index >= 15 is 0 Å². The second-order valence-electron chi connectivity index (χ2n) is 4.63. The molecule has 1 aromatic rings. The van der Waals surface area contributed by atoms with Gasteiger partial charge in [0.2, 0.25) is 0 Å². The van der Waals surface area contributed by atoms with Gasteiger partial charge in [0.25, 0.3) is 0 Å². The van der Waals surface area contributed by atoms with Crippen LogP contribution in [0.2, 0.25) is 0 Å². The summed E-state index contributed by atoms with van der Waals surface area (Å²) >= 11 is 0. The minimum atomic E-state index is -1.03. The van der Waals surface area contributed by atoms with Crippen LogP contribution >= 0.6 is 0 Å². The van der Waals surface area contributed by atoms with Crippen LogP contribution in [-0.4, -0.2) is 41.7 Å². The molecule has 1 aromatic carbocycles. The molecule has 0 aliphatic heterocycles. The number of amides is 2. The number of urea groups is 1. The maximum absolute atomic E-state index is 12.0. The molecule has 0 atom stereocenters. The standard InChI is InChI=1S/C14H20N2O4/c1-10(2)16(9-13(17)18)14(19)15-8-11-5-4-6-12(7-11)20-3/h4-7,10H,8-9H2,1-3H3,(H,15,19)(H,17,18). The number of carbonyl (C=O) groups excluding carboxylic acids is 1. The van der Waals surface area contributed by atoms with Gasteiger partial charge in [-0.1, -0.05) is 12.1 Å². The molecular formula is C14H20N2O4. The molecule has 0 aliphatic rings. The third kappa shape index (κ3) is 4.79. The Hall–Kier alpha value is -2.24. The normalized spacial score (nSPS) is 10.2. The molecule has 0 unspecified atom stereocenters. The van der Waals surface area contributed by atoms with E-state index in [0.29, 0.717) is 12.3 Å². The number of hydrogen-bond donors (Lipinski definition) is 2. The highest BCUT2D eigenvalue weighted by atomic mass is 16.5. The summed E-state index contributed by atoms with van der Waals surface area (Å²) in [6.07, 6.45) is 0. The van der Waals surface area contributed by atoms with E-state index in [0.717, 1.165) is 5.56 Å². The van der Waals surface area contributed by atoms with Gasteiger partial charge in [0.15, 0.2) is 0 Å². The Morgan fingerprint density at radius 3 is 2.65 bits per heavy atom. The lowest BCUT2D eigenvalue weighted by Gasteiger charge is -2.25. The van der Waals surface area contributed by atoms with Crippen molar-refractivity contribution in [1.29, 1.82) is 0 Å². The summed E-state index contributed by atoms with van der Waals surface area (Å²) in [6, 6.07) is 6.74. The monoisotopic (exact) mass is 280 g/mol. The number of hydrogen-bond acceptors (Lipinski definition) is 3. The molecule has 110 valence electrons. The zero-order valence-corrected chi connectivity index (χ0v) is 11.9. The molecule has 0 bridgehead atoms. The molecule has 0 aliphatic carbocycles. The number of carbonyl (C=O) groups is 2. The van der Waals surface area contributed by atoms with Gasteiger partial charge in [-0.15, -0.1) is 0 Å². The van der Waals surface area contributed by atoms with E-state index in [1.54, 1.807) is 21.0 Å². The van der Waals surface area contributed by atoms with Gasteiger partial charge in [0.1, 0.15) is 12.3 Å². The highest BCUT2D eigenvalue weighted by molar-refractivity contribution is 5.80. The predicted octanol–water partition coefficient (Wildman–Crippen LogP) is 1.70. The molecule has 6 heteroatoms. The van der Waals surface area contributed by atoms with Gasteiger partial charge < -0.3 is 20.1 Å². The molecule has 0 saturated heterocycles. The van der Waals surface area contributed by atoms with Gasteiger partial charge in [-0.3, -0.25) is 4.79 Å². The fourth-order valence-electron chi connectivity index (χ4n) is 1.70. The Kier molecular flexibility index (Phi) is 5.83. The average Bonchev–Trinajstić information content (AvgIpc) is 2.42. The Balaban J connectivity index is 2.62. The summed E-state index contributed by atoms with van der Waals surface area (Å²) in [4.78, 5) is 24.0. The van der Waals surface area contributed by atoms with Crippen LogP contribution in [0.1, 0.15) is 19.4 Å². The van der Waals surface area contributed by atoms with Gasteiger partial charge in [-0.25, -0.2) is 4.79 Å². The van der Waals surface area contributed by atoms with Crippen LogP contribution in [0.15, 0.2) is 24.3 Å². The topological polar surface area (TPSA) is 78.9 Å². The highest BCUT2D eigenvalue weighted by Gasteiger charge is 2.19. The second-order valence-corrected chi connectivity index (χ2v) is 4.63. The quantitative estimate of drug-likeness (QED) is 0.831. The van der Waals surface area contributed by atoms with Gasteiger partial charge >= 0.3 is 12.0 Å². The van der Waals surface area contributed by atoms with Crippen LogP contribution in [0, 0.1) is 0 Å². The summed E-state index contributed by atoms with van der Waals surface area (Å²) in [5.74, 6) is -0.321. The van der Waals surface area contributed by atoms with Crippen LogP contribution < -0.4 is 10.1 Å². The lowest BCUT2D eigenvalue weighted by atomic mass is 10.2. The maximum atomic E-state index is 12.0. The van der Waals surface area contributed by atoms with E-state index in [9.17, 15) is 9.59 Å². The van der Waals surface area contributed by atoms with Crippen molar-refractivity contribution < 1.29 is 19.4 Å². The molecule has 0 radical (unpaired) electrons. The van der Waals surface area contributed by atoms with Crippen molar-refractivity contribution in [2.24, 2.45) is 0 Å². The van der Waals surface area contributed by atoms with Gasteiger partial charge in [0, 0.05) is 12.6 Å². The molecule has 1 rings (SSSR count). The molecule has 0 saturated carbocycles. The third-order valence-electron chi connectivity index (χ3n) is 2.77. The summed E-state index contributed by atoms with van der Waals surface area (Å²) in [5, 5.41) is 11.5.